The van der Waals surface area contributed by atoms with Crippen LogP contribution in [0.5, 0.6) is 0 Å². The van der Waals surface area contributed by atoms with E-state index in [9.17, 15) is 9.18 Å². The van der Waals surface area contributed by atoms with E-state index in [2.05, 4.69) is 20.2 Å². The van der Waals surface area contributed by atoms with Crippen LogP contribution in [-0.2, 0) is 6.54 Å². The Kier molecular flexibility index (Phi) is 4.74. The van der Waals surface area contributed by atoms with Crippen molar-refractivity contribution in [3.8, 4) is 0 Å². The zero-order chi connectivity index (χ0) is 18.1. The Morgan fingerprint density at radius 2 is 2.15 bits per heavy atom. The van der Waals surface area contributed by atoms with E-state index >= 15 is 0 Å². The molecule has 0 aliphatic carbocycles. The quantitative estimate of drug-likeness (QED) is 0.766. The van der Waals surface area contributed by atoms with Gasteiger partial charge in [0.25, 0.3) is 5.91 Å². The van der Waals surface area contributed by atoms with Crippen LogP contribution < -0.4 is 0 Å². The first-order valence-electron chi connectivity index (χ1n) is 8.79. The molecule has 0 bridgehead atoms. The summed E-state index contributed by atoms with van der Waals surface area (Å²) in [6.07, 6.45) is 0.934. The molecule has 1 amide bonds. The highest BCUT2D eigenvalue weighted by atomic mass is 32.1. The molecule has 1 aromatic carbocycles. The maximum absolute atomic E-state index is 13.4. The van der Waals surface area contributed by atoms with Gasteiger partial charge in [0.15, 0.2) is 0 Å². The van der Waals surface area contributed by atoms with Crippen molar-refractivity contribution in [3.05, 3.63) is 51.9 Å². The SMILES string of the molecule is Cc1nc(CN2CCCN(C(=O)c3cc4cc(F)ccc4[nH]3)CC2)cs1. The monoisotopic (exact) mass is 372 g/mol. The number of H-pyrrole nitrogens is 1. The highest BCUT2D eigenvalue weighted by Gasteiger charge is 2.22. The van der Waals surface area contributed by atoms with Crippen LogP contribution in [0, 0.1) is 12.7 Å². The number of hydrogen-bond acceptors (Lipinski definition) is 4. The van der Waals surface area contributed by atoms with Crippen LogP contribution in [0.15, 0.2) is 29.6 Å². The summed E-state index contributed by atoms with van der Waals surface area (Å²) in [5.74, 6) is -0.314. The molecule has 1 saturated heterocycles. The van der Waals surface area contributed by atoms with E-state index in [1.165, 1.54) is 12.1 Å². The zero-order valence-corrected chi connectivity index (χ0v) is 15.5. The number of aromatic amines is 1. The fourth-order valence-electron chi connectivity index (χ4n) is 3.43. The van der Waals surface area contributed by atoms with Gasteiger partial charge in [-0.2, -0.15) is 0 Å². The van der Waals surface area contributed by atoms with Crippen molar-refractivity contribution in [3.63, 3.8) is 0 Å². The van der Waals surface area contributed by atoms with Crippen molar-refractivity contribution in [2.75, 3.05) is 26.2 Å². The summed E-state index contributed by atoms with van der Waals surface area (Å²) in [5.41, 5.74) is 2.41. The third kappa shape index (κ3) is 3.64. The molecule has 1 fully saturated rings. The number of fused-ring (bicyclic) bond motifs is 1. The van der Waals surface area contributed by atoms with Gasteiger partial charge in [-0.15, -0.1) is 11.3 Å². The van der Waals surface area contributed by atoms with Crippen LogP contribution in [0.3, 0.4) is 0 Å². The topological polar surface area (TPSA) is 52.2 Å². The maximum Gasteiger partial charge on any atom is 0.270 e. The smallest absolute Gasteiger partial charge is 0.270 e. The number of carbonyl (C=O) groups excluding carboxylic acids is 1. The molecule has 136 valence electrons. The second-order valence-electron chi connectivity index (χ2n) is 6.69. The number of nitrogens with zero attached hydrogens (tertiary/aromatic N) is 3. The number of nitrogens with one attached hydrogen (secondary N) is 1. The third-order valence-corrected chi connectivity index (χ3v) is 5.56. The van der Waals surface area contributed by atoms with Gasteiger partial charge in [0.05, 0.1) is 10.7 Å². The molecule has 5 nitrogen and oxygen atoms in total. The highest BCUT2D eigenvalue weighted by molar-refractivity contribution is 7.09. The number of halogens is 1. The molecule has 1 aliphatic heterocycles. The minimum atomic E-state index is -0.293. The lowest BCUT2D eigenvalue weighted by atomic mass is 10.2. The third-order valence-electron chi connectivity index (χ3n) is 4.74. The van der Waals surface area contributed by atoms with E-state index < -0.39 is 0 Å². The van der Waals surface area contributed by atoms with Crippen LogP contribution in [0.4, 0.5) is 4.39 Å². The number of thiazole rings is 1. The Labute approximate surface area is 155 Å². The molecule has 0 radical (unpaired) electrons. The predicted molar refractivity (Wildman–Crippen MR) is 101 cm³/mol. The second-order valence-corrected chi connectivity index (χ2v) is 7.76. The van der Waals surface area contributed by atoms with Crippen LogP contribution >= 0.6 is 11.3 Å². The highest BCUT2D eigenvalue weighted by Crippen LogP contribution is 2.19. The second kappa shape index (κ2) is 7.17. The summed E-state index contributed by atoms with van der Waals surface area (Å²) in [6.45, 7) is 6.05. The van der Waals surface area contributed by atoms with Gasteiger partial charge < -0.3 is 9.88 Å². The summed E-state index contributed by atoms with van der Waals surface area (Å²) in [4.78, 5) is 24.7. The standard InChI is InChI=1S/C19H21FN4OS/c1-13-21-16(12-26-13)11-23-5-2-6-24(8-7-23)19(25)18-10-14-9-15(20)3-4-17(14)22-18/h3-4,9-10,12,22H,2,5-8,11H2,1H3. The number of aryl methyl sites for hydroxylation is 1. The minimum Gasteiger partial charge on any atom is -0.351 e. The van der Waals surface area contributed by atoms with Crippen molar-refractivity contribution < 1.29 is 9.18 Å². The fraction of sp³-hybridized carbons (Fsp3) is 0.368. The summed E-state index contributed by atoms with van der Waals surface area (Å²) >= 11 is 1.67. The van der Waals surface area contributed by atoms with Gasteiger partial charge in [-0.25, -0.2) is 9.37 Å². The van der Waals surface area contributed by atoms with Crippen molar-refractivity contribution in [2.45, 2.75) is 19.9 Å². The Morgan fingerprint density at radius 1 is 1.27 bits per heavy atom. The zero-order valence-electron chi connectivity index (χ0n) is 14.7. The molecule has 26 heavy (non-hydrogen) atoms. The lowest BCUT2D eigenvalue weighted by Gasteiger charge is -2.21. The number of carbonyl (C=O) groups is 1. The Balaban J connectivity index is 1.43. The largest absolute Gasteiger partial charge is 0.351 e. The van der Waals surface area contributed by atoms with Gasteiger partial charge in [0.1, 0.15) is 11.5 Å². The summed E-state index contributed by atoms with van der Waals surface area (Å²) in [5, 5.41) is 3.91. The number of benzene rings is 1. The van der Waals surface area contributed by atoms with Crippen LogP contribution in [0.1, 0.15) is 27.6 Å². The first-order chi connectivity index (χ1) is 12.6. The Morgan fingerprint density at radius 3 is 2.96 bits per heavy atom. The van der Waals surface area contributed by atoms with E-state index in [1.54, 1.807) is 23.5 Å². The number of rotatable bonds is 3. The Bertz CT molecular complexity index is 935. The van der Waals surface area contributed by atoms with E-state index in [0.29, 0.717) is 12.2 Å². The first kappa shape index (κ1) is 17.2. The van der Waals surface area contributed by atoms with Crippen molar-refractivity contribution in [2.24, 2.45) is 0 Å². The van der Waals surface area contributed by atoms with Crippen molar-refractivity contribution >= 4 is 28.1 Å². The molecule has 1 aliphatic rings. The molecule has 7 heteroatoms. The number of hydrogen-bond donors (Lipinski definition) is 1. The molecule has 4 rings (SSSR count). The van der Waals surface area contributed by atoms with Gasteiger partial charge in [-0.1, -0.05) is 0 Å². The number of amides is 1. The molecule has 1 N–H and O–H groups in total. The maximum atomic E-state index is 13.4. The molecule has 3 aromatic rings. The van der Waals surface area contributed by atoms with Crippen LogP contribution in [-0.4, -0.2) is 51.9 Å². The van der Waals surface area contributed by atoms with E-state index in [-0.39, 0.29) is 11.7 Å². The molecular formula is C19H21FN4OS. The lowest BCUT2D eigenvalue weighted by Crippen LogP contribution is -2.35. The normalized spacial score (nSPS) is 16.2. The molecule has 0 atom stereocenters. The van der Waals surface area contributed by atoms with Crippen molar-refractivity contribution in [1.29, 1.82) is 0 Å². The molecule has 0 saturated carbocycles. The number of aromatic nitrogens is 2. The minimum absolute atomic E-state index is 0.0204. The molecule has 0 spiro atoms. The molecule has 0 unspecified atom stereocenters. The first-order valence-corrected chi connectivity index (χ1v) is 9.67. The fourth-order valence-corrected chi connectivity index (χ4v) is 4.03. The van der Waals surface area contributed by atoms with Crippen LogP contribution in [0.25, 0.3) is 10.9 Å². The summed E-state index contributed by atoms with van der Waals surface area (Å²) in [6, 6.07) is 6.25. The van der Waals surface area contributed by atoms with Gasteiger partial charge in [0, 0.05) is 49.0 Å². The average molecular weight is 372 g/mol. The Hall–Kier alpha value is -2.25. The lowest BCUT2D eigenvalue weighted by molar-refractivity contribution is 0.0756. The molecule has 3 heterocycles. The van der Waals surface area contributed by atoms with E-state index in [0.717, 1.165) is 54.2 Å². The van der Waals surface area contributed by atoms with Gasteiger partial charge in [0.2, 0.25) is 0 Å². The van der Waals surface area contributed by atoms with Crippen molar-refractivity contribution in [1.82, 2.24) is 19.8 Å². The summed E-state index contributed by atoms with van der Waals surface area (Å²) in [7, 11) is 0. The average Bonchev–Trinajstić information content (AvgIpc) is 3.14. The van der Waals surface area contributed by atoms with Gasteiger partial charge in [-0.05, 0) is 37.6 Å². The van der Waals surface area contributed by atoms with Gasteiger partial charge in [-0.3, -0.25) is 9.69 Å². The molecule has 2 aromatic heterocycles. The van der Waals surface area contributed by atoms with E-state index in [1.807, 2.05) is 11.8 Å². The van der Waals surface area contributed by atoms with Gasteiger partial charge >= 0.3 is 0 Å². The van der Waals surface area contributed by atoms with E-state index in [4.69, 9.17) is 0 Å². The molecular weight excluding hydrogens is 351 g/mol. The predicted octanol–water partition coefficient (Wildman–Crippen LogP) is 3.42. The summed E-state index contributed by atoms with van der Waals surface area (Å²) < 4.78 is 13.4. The van der Waals surface area contributed by atoms with Crippen LogP contribution in [0.2, 0.25) is 0 Å².